The number of carbonyl (C=O) groups is 1. The summed E-state index contributed by atoms with van der Waals surface area (Å²) in [4.78, 5) is 16.2. The molecule has 0 saturated carbocycles. The molecule has 166 valence electrons. The molecule has 0 spiro atoms. The Morgan fingerprint density at radius 1 is 1.09 bits per heavy atom. The van der Waals surface area contributed by atoms with Gasteiger partial charge < -0.3 is 9.30 Å². The lowest BCUT2D eigenvalue weighted by Crippen LogP contribution is -2.45. The third-order valence-electron chi connectivity index (χ3n) is 4.98. The van der Waals surface area contributed by atoms with Crippen LogP contribution in [-0.4, -0.2) is 47.9 Å². The molecule has 0 N–H and O–H groups in total. The van der Waals surface area contributed by atoms with E-state index in [1.807, 2.05) is 31.2 Å². The van der Waals surface area contributed by atoms with Gasteiger partial charge in [-0.05, 0) is 50.2 Å². The van der Waals surface area contributed by atoms with Crippen LogP contribution in [0.5, 0.6) is 0 Å². The van der Waals surface area contributed by atoms with E-state index in [1.165, 1.54) is 26.2 Å². The molecule has 1 aromatic heterocycles. The van der Waals surface area contributed by atoms with Crippen LogP contribution in [0.1, 0.15) is 23.6 Å². The van der Waals surface area contributed by atoms with Gasteiger partial charge in [-0.2, -0.15) is 4.31 Å². The first kappa shape index (κ1) is 23.3. The first-order chi connectivity index (χ1) is 15.3. The van der Waals surface area contributed by atoms with E-state index in [0.29, 0.717) is 12.1 Å². The zero-order chi connectivity index (χ0) is 23.1. The number of benzene rings is 2. The number of carbonyl (C=O) groups excluding carboxylic acids is 1. The Morgan fingerprint density at radius 3 is 2.22 bits per heavy atom. The maximum atomic E-state index is 13.3. The first-order valence-electron chi connectivity index (χ1n) is 10.1. The summed E-state index contributed by atoms with van der Waals surface area (Å²) in [6.07, 6.45) is 4.93. The van der Waals surface area contributed by atoms with E-state index in [2.05, 4.69) is 16.8 Å². The highest BCUT2D eigenvalue weighted by molar-refractivity contribution is 7.89. The van der Waals surface area contributed by atoms with E-state index in [1.54, 1.807) is 35.4 Å². The molecule has 0 aliphatic carbocycles. The molecule has 2 aromatic carbocycles. The second-order valence-corrected chi connectivity index (χ2v) is 9.15. The summed E-state index contributed by atoms with van der Waals surface area (Å²) in [5.41, 5.74) is 2.73. The fourth-order valence-corrected chi connectivity index (χ4v) is 4.65. The van der Waals surface area contributed by atoms with Crippen LogP contribution in [0.4, 0.5) is 0 Å². The summed E-state index contributed by atoms with van der Waals surface area (Å²) in [6, 6.07) is 13.2. The normalized spacial score (nSPS) is 12.1. The van der Waals surface area contributed by atoms with Crippen molar-refractivity contribution in [2.75, 3.05) is 13.7 Å². The van der Waals surface area contributed by atoms with Crippen molar-refractivity contribution in [1.29, 1.82) is 0 Å². The van der Waals surface area contributed by atoms with E-state index < -0.39 is 22.0 Å². The smallest absolute Gasteiger partial charge is 0.323 e. The average Bonchev–Trinajstić information content (AvgIpc) is 3.32. The Hall–Kier alpha value is -3.41. The number of esters is 1. The molecule has 8 heteroatoms. The molecule has 1 atom stereocenters. The van der Waals surface area contributed by atoms with Gasteiger partial charge in [-0.3, -0.25) is 4.79 Å². The van der Waals surface area contributed by atoms with Crippen LogP contribution in [0.15, 0.2) is 72.1 Å². The Kier molecular flexibility index (Phi) is 7.46. The minimum absolute atomic E-state index is 0.0831. The van der Waals surface area contributed by atoms with E-state index in [0.717, 1.165) is 15.4 Å². The van der Waals surface area contributed by atoms with Crippen molar-refractivity contribution in [2.24, 2.45) is 0 Å². The molecule has 0 radical (unpaired) electrons. The van der Waals surface area contributed by atoms with Gasteiger partial charge in [0.05, 0.1) is 18.3 Å². The number of hydrogen-bond acceptors (Lipinski definition) is 5. The minimum Gasteiger partial charge on any atom is -0.468 e. The van der Waals surface area contributed by atoms with Crippen LogP contribution < -0.4 is 0 Å². The molecule has 0 aliphatic rings. The van der Waals surface area contributed by atoms with Crippen molar-refractivity contribution >= 4 is 16.0 Å². The Bertz CT molecular complexity index is 1210. The Balaban J connectivity index is 1.83. The molecule has 0 saturated heterocycles. The third kappa shape index (κ3) is 5.63. The summed E-state index contributed by atoms with van der Waals surface area (Å²) in [5, 5.41) is 0. The fraction of sp³-hybridized carbons (Fsp3) is 0.250. The first-order valence-corrected chi connectivity index (χ1v) is 11.5. The van der Waals surface area contributed by atoms with Gasteiger partial charge in [0.1, 0.15) is 6.04 Å². The summed E-state index contributed by atoms with van der Waals surface area (Å²) < 4.78 is 34.3. The molecular formula is C24H25N3O4S. The molecule has 0 fully saturated rings. The molecule has 0 bridgehead atoms. The molecular weight excluding hydrogens is 426 g/mol. The minimum atomic E-state index is -3.95. The van der Waals surface area contributed by atoms with Gasteiger partial charge in [0.25, 0.3) is 0 Å². The number of aromatic nitrogens is 2. The number of methoxy groups -OCH3 is 1. The molecule has 3 rings (SSSR count). The van der Waals surface area contributed by atoms with Crippen LogP contribution in [-0.2, 0) is 26.1 Å². The molecule has 3 aromatic rings. The van der Waals surface area contributed by atoms with Crippen LogP contribution >= 0.6 is 0 Å². The zero-order valence-corrected chi connectivity index (χ0v) is 19.0. The van der Waals surface area contributed by atoms with Crippen molar-refractivity contribution in [3.8, 4) is 11.8 Å². The van der Waals surface area contributed by atoms with Crippen LogP contribution in [0, 0.1) is 18.8 Å². The highest BCUT2D eigenvalue weighted by Crippen LogP contribution is 2.20. The molecule has 0 aliphatic heterocycles. The summed E-state index contributed by atoms with van der Waals surface area (Å²) in [5.74, 6) is 5.48. The van der Waals surface area contributed by atoms with Crippen molar-refractivity contribution in [1.82, 2.24) is 13.9 Å². The molecule has 32 heavy (non-hydrogen) atoms. The average molecular weight is 452 g/mol. The lowest BCUT2D eigenvalue weighted by atomic mass is 10.1. The standard InChI is InChI=1S/C24H25N3O4S/c1-19-4-6-21(7-5-19)8-9-22-10-12-23(13-11-22)32(29,30)27(20(2)24(28)31-3)17-16-26-15-14-25-18-26/h4-7,10-15,18,20H,16-17H2,1-3H3/t20-/m1/s1. The van der Waals surface area contributed by atoms with E-state index in [-0.39, 0.29) is 11.4 Å². The van der Waals surface area contributed by atoms with Gasteiger partial charge in [0, 0.05) is 36.6 Å². The highest BCUT2D eigenvalue weighted by Gasteiger charge is 2.33. The van der Waals surface area contributed by atoms with Crippen LogP contribution in [0.2, 0.25) is 0 Å². The van der Waals surface area contributed by atoms with Gasteiger partial charge in [0.2, 0.25) is 10.0 Å². The van der Waals surface area contributed by atoms with Gasteiger partial charge in [0.15, 0.2) is 0 Å². The summed E-state index contributed by atoms with van der Waals surface area (Å²) >= 11 is 0. The number of imidazole rings is 1. The van der Waals surface area contributed by atoms with E-state index in [4.69, 9.17) is 4.74 Å². The van der Waals surface area contributed by atoms with E-state index >= 15 is 0 Å². The molecule has 1 heterocycles. The second kappa shape index (κ2) is 10.3. The number of hydrogen-bond donors (Lipinski definition) is 0. The SMILES string of the molecule is COC(=O)[C@@H](C)N(CCn1ccnc1)S(=O)(=O)c1ccc(C#Cc2ccc(C)cc2)cc1. The Labute approximate surface area is 188 Å². The maximum absolute atomic E-state index is 13.3. The lowest BCUT2D eigenvalue weighted by molar-refractivity contribution is -0.144. The van der Waals surface area contributed by atoms with Crippen molar-refractivity contribution in [2.45, 2.75) is 31.3 Å². The quantitative estimate of drug-likeness (QED) is 0.408. The van der Waals surface area contributed by atoms with Gasteiger partial charge in [-0.15, -0.1) is 0 Å². The van der Waals surface area contributed by atoms with Crippen molar-refractivity contribution in [3.05, 3.63) is 83.9 Å². The van der Waals surface area contributed by atoms with Gasteiger partial charge >= 0.3 is 5.97 Å². The monoisotopic (exact) mass is 451 g/mol. The lowest BCUT2D eigenvalue weighted by Gasteiger charge is -2.26. The fourth-order valence-electron chi connectivity index (χ4n) is 3.07. The van der Waals surface area contributed by atoms with Crippen LogP contribution in [0.25, 0.3) is 0 Å². The molecule has 0 unspecified atom stereocenters. The number of nitrogens with zero attached hydrogens (tertiary/aromatic N) is 3. The Morgan fingerprint density at radius 2 is 1.69 bits per heavy atom. The van der Waals surface area contributed by atoms with Crippen molar-refractivity contribution < 1.29 is 17.9 Å². The zero-order valence-electron chi connectivity index (χ0n) is 18.2. The molecule has 7 nitrogen and oxygen atoms in total. The second-order valence-electron chi connectivity index (χ2n) is 7.26. The third-order valence-corrected chi connectivity index (χ3v) is 6.96. The largest absolute Gasteiger partial charge is 0.468 e. The van der Waals surface area contributed by atoms with Gasteiger partial charge in [-0.25, -0.2) is 13.4 Å². The van der Waals surface area contributed by atoms with Crippen molar-refractivity contribution in [3.63, 3.8) is 0 Å². The predicted molar refractivity (Wildman–Crippen MR) is 121 cm³/mol. The number of sulfonamides is 1. The number of rotatable bonds is 7. The number of ether oxygens (including phenoxy) is 1. The van der Waals surface area contributed by atoms with Crippen LogP contribution in [0.3, 0.4) is 0 Å². The predicted octanol–water partition coefficient (Wildman–Crippen LogP) is 2.84. The topological polar surface area (TPSA) is 81.5 Å². The molecule has 0 amide bonds. The van der Waals surface area contributed by atoms with Gasteiger partial charge in [-0.1, -0.05) is 29.5 Å². The van der Waals surface area contributed by atoms with E-state index in [9.17, 15) is 13.2 Å². The maximum Gasteiger partial charge on any atom is 0.323 e. The summed E-state index contributed by atoms with van der Waals surface area (Å²) in [6.45, 7) is 3.96. The summed E-state index contributed by atoms with van der Waals surface area (Å²) in [7, 11) is -2.71. The highest BCUT2D eigenvalue weighted by atomic mass is 32.2. The number of aryl methyl sites for hydroxylation is 1.